The Morgan fingerprint density at radius 1 is 1.35 bits per heavy atom. The van der Waals surface area contributed by atoms with E-state index in [4.69, 9.17) is 21.4 Å². The Hall–Kier alpha value is -1.59. The van der Waals surface area contributed by atoms with Gasteiger partial charge in [-0.25, -0.2) is 0 Å². The lowest BCUT2D eigenvalue weighted by Gasteiger charge is -2.28. The van der Waals surface area contributed by atoms with Crippen LogP contribution in [0.4, 0.5) is 0 Å². The summed E-state index contributed by atoms with van der Waals surface area (Å²) in [6, 6.07) is 7.07. The van der Waals surface area contributed by atoms with Crippen molar-refractivity contribution in [2.45, 2.75) is 43.2 Å². The van der Waals surface area contributed by atoms with Crippen LogP contribution in [0.25, 0.3) is 0 Å². The molecule has 1 aliphatic heterocycles. The van der Waals surface area contributed by atoms with Crippen molar-refractivity contribution >= 4 is 23.5 Å². The number of rotatable bonds is 5. The smallest absolute Gasteiger partial charge is 0.305 e. The zero-order valence-corrected chi connectivity index (χ0v) is 13.8. The summed E-state index contributed by atoms with van der Waals surface area (Å²) in [4.78, 5) is 25.9. The van der Waals surface area contributed by atoms with Gasteiger partial charge in [-0.1, -0.05) is 23.7 Å². The second-order valence-electron chi connectivity index (χ2n) is 6.39. The fourth-order valence-corrected chi connectivity index (χ4v) is 3.61. The number of hydrogen-bond donors (Lipinski definition) is 1. The molecule has 1 aromatic carbocycles. The summed E-state index contributed by atoms with van der Waals surface area (Å²) in [5.74, 6) is -0.869. The molecule has 1 N–H and O–H groups in total. The summed E-state index contributed by atoms with van der Waals surface area (Å²) in [5.41, 5.74) is 0.450. The third-order valence-corrected chi connectivity index (χ3v) is 5.19. The molecule has 2 atom stereocenters. The van der Waals surface area contributed by atoms with Crippen LogP contribution in [0.15, 0.2) is 24.3 Å². The first-order valence-electron chi connectivity index (χ1n) is 7.78. The van der Waals surface area contributed by atoms with E-state index in [1.807, 2.05) is 12.1 Å². The summed E-state index contributed by atoms with van der Waals surface area (Å²) in [6.45, 7) is 0.461. The molecular weight excluding hydrogens is 318 g/mol. The average Bonchev–Trinajstić information content (AvgIpc) is 3.23. The predicted molar refractivity (Wildman–Crippen MR) is 85.5 cm³/mol. The number of amides is 1. The van der Waals surface area contributed by atoms with E-state index in [1.54, 1.807) is 24.1 Å². The summed E-state index contributed by atoms with van der Waals surface area (Å²) >= 11 is 5.93. The number of methoxy groups -OCH3 is 1. The van der Waals surface area contributed by atoms with Gasteiger partial charge in [0.15, 0.2) is 0 Å². The molecule has 1 saturated carbocycles. The number of ether oxygens (including phenoxy) is 1. The van der Waals surface area contributed by atoms with Gasteiger partial charge >= 0.3 is 5.97 Å². The SMILES string of the molecule is COC1CC(CC(=O)O)N(C(=O)C2(c3ccc(Cl)cc3)CC2)C1. The van der Waals surface area contributed by atoms with E-state index in [0.29, 0.717) is 18.0 Å². The molecule has 0 aromatic heterocycles. The Morgan fingerprint density at radius 3 is 2.52 bits per heavy atom. The Kier molecular flexibility index (Phi) is 4.34. The Bertz CT molecular complexity index is 612. The molecule has 2 fully saturated rings. The lowest BCUT2D eigenvalue weighted by Crippen LogP contribution is -2.43. The van der Waals surface area contributed by atoms with Crippen molar-refractivity contribution in [3.05, 3.63) is 34.9 Å². The Labute approximate surface area is 140 Å². The quantitative estimate of drug-likeness (QED) is 0.896. The van der Waals surface area contributed by atoms with Crippen molar-refractivity contribution in [1.82, 2.24) is 4.90 Å². The zero-order valence-electron chi connectivity index (χ0n) is 13.0. The van der Waals surface area contributed by atoms with E-state index < -0.39 is 11.4 Å². The predicted octanol–water partition coefficient (Wildman–Crippen LogP) is 2.46. The second kappa shape index (κ2) is 6.13. The minimum atomic E-state index is -0.888. The van der Waals surface area contributed by atoms with Crippen molar-refractivity contribution in [3.8, 4) is 0 Å². The van der Waals surface area contributed by atoms with E-state index in [0.717, 1.165) is 18.4 Å². The molecule has 0 radical (unpaired) electrons. The largest absolute Gasteiger partial charge is 0.481 e. The van der Waals surface area contributed by atoms with Crippen LogP contribution in [0.2, 0.25) is 5.02 Å². The molecule has 6 heteroatoms. The van der Waals surface area contributed by atoms with Crippen LogP contribution in [0.5, 0.6) is 0 Å². The first-order valence-corrected chi connectivity index (χ1v) is 8.16. The normalized spacial score (nSPS) is 25.4. The first-order chi connectivity index (χ1) is 11.0. The lowest BCUT2D eigenvalue weighted by molar-refractivity contribution is -0.140. The van der Waals surface area contributed by atoms with Gasteiger partial charge in [-0.3, -0.25) is 9.59 Å². The molecule has 2 unspecified atom stereocenters. The zero-order chi connectivity index (χ0) is 16.6. The molecule has 2 aliphatic rings. The summed E-state index contributed by atoms with van der Waals surface area (Å²) in [7, 11) is 1.60. The third kappa shape index (κ3) is 3.08. The number of carboxylic acids is 1. The highest BCUT2D eigenvalue weighted by Crippen LogP contribution is 2.50. The van der Waals surface area contributed by atoms with Crippen LogP contribution < -0.4 is 0 Å². The number of benzene rings is 1. The highest BCUT2D eigenvalue weighted by atomic mass is 35.5. The Balaban J connectivity index is 1.83. The summed E-state index contributed by atoms with van der Waals surface area (Å²) in [6.07, 6.45) is 2.03. The molecule has 1 heterocycles. The molecular formula is C17H20ClNO4. The number of hydrogen-bond acceptors (Lipinski definition) is 3. The molecule has 5 nitrogen and oxygen atoms in total. The molecule has 1 amide bonds. The lowest BCUT2D eigenvalue weighted by atomic mass is 9.94. The molecule has 1 aliphatic carbocycles. The van der Waals surface area contributed by atoms with E-state index in [-0.39, 0.29) is 24.5 Å². The van der Waals surface area contributed by atoms with E-state index in [1.165, 1.54) is 0 Å². The van der Waals surface area contributed by atoms with Crippen LogP contribution in [-0.4, -0.2) is 47.7 Å². The molecule has 1 aromatic rings. The maximum Gasteiger partial charge on any atom is 0.305 e. The van der Waals surface area contributed by atoms with Crippen molar-refractivity contribution in [3.63, 3.8) is 0 Å². The number of carbonyl (C=O) groups is 2. The van der Waals surface area contributed by atoms with Crippen LogP contribution in [0.3, 0.4) is 0 Å². The minimum absolute atomic E-state index is 0.0191. The number of nitrogens with zero attached hydrogens (tertiary/aromatic N) is 1. The molecule has 0 bridgehead atoms. The molecule has 124 valence electrons. The van der Waals surface area contributed by atoms with Gasteiger partial charge in [0.05, 0.1) is 17.9 Å². The van der Waals surface area contributed by atoms with Gasteiger partial charge in [0.1, 0.15) is 0 Å². The van der Waals surface area contributed by atoms with Crippen molar-refractivity contribution in [1.29, 1.82) is 0 Å². The molecule has 1 saturated heterocycles. The average molecular weight is 338 g/mol. The van der Waals surface area contributed by atoms with E-state index in [2.05, 4.69) is 0 Å². The first kappa shape index (κ1) is 16.3. The van der Waals surface area contributed by atoms with Gasteiger partial charge in [-0.15, -0.1) is 0 Å². The maximum absolute atomic E-state index is 13.1. The number of aliphatic carboxylic acids is 1. The minimum Gasteiger partial charge on any atom is -0.481 e. The van der Waals surface area contributed by atoms with Crippen molar-refractivity contribution in [2.75, 3.05) is 13.7 Å². The summed E-state index contributed by atoms with van der Waals surface area (Å²) < 4.78 is 5.35. The topological polar surface area (TPSA) is 66.8 Å². The third-order valence-electron chi connectivity index (χ3n) is 4.94. The molecule has 23 heavy (non-hydrogen) atoms. The van der Waals surface area contributed by atoms with Gasteiger partial charge in [0.25, 0.3) is 0 Å². The second-order valence-corrected chi connectivity index (χ2v) is 6.83. The number of halogens is 1. The van der Waals surface area contributed by atoms with Gasteiger partial charge in [0.2, 0.25) is 5.91 Å². The van der Waals surface area contributed by atoms with Crippen LogP contribution in [0.1, 0.15) is 31.2 Å². The highest BCUT2D eigenvalue weighted by molar-refractivity contribution is 6.30. The molecule has 0 spiro atoms. The van der Waals surface area contributed by atoms with Crippen LogP contribution >= 0.6 is 11.6 Å². The van der Waals surface area contributed by atoms with Gasteiger partial charge in [0, 0.05) is 24.7 Å². The van der Waals surface area contributed by atoms with Gasteiger partial charge in [-0.05, 0) is 37.0 Å². The van der Waals surface area contributed by atoms with Crippen LogP contribution in [-0.2, 0) is 19.7 Å². The van der Waals surface area contributed by atoms with Gasteiger partial charge in [-0.2, -0.15) is 0 Å². The van der Waals surface area contributed by atoms with E-state index >= 15 is 0 Å². The molecule has 3 rings (SSSR count). The fraction of sp³-hybridized carbons (Fsp3) is 0.529. The number of likely N-dealkylation sites (tertiary alicyclic amines) is 1. The van der Waals surface area contributed by atoms with Crippen molar-refractivity contribution < 1.29 is 19.4 Å². The van der Waals surface area contributed by atoms with E-state index in [9.17, 15) is 9.59 Å². The van der Waals surface area contributed by atoms with Gasteiger partial charge < -0.3 is 14.7 Å². The monoisotopic (exact) mass is 337 g/mol. The van der Waals surface area contributed by atoms with Crippen molar-refractivity contribution in [2.24, 2.45) is 0 Å². The fourth-order valence-electron chi connectivity index (χ4n) is 3.48. The number of carboxylic acid groups (broad SMARTS) is 1. The highest BCUT2D eigenvalue weighted by Gasteiger charge is 2.55. The number of carbonyl (C=O) groups excluding carboxylic acids is 1. The van der Waals surface area contributed by atoms with Crippen LogP contribution in [0, 0.1) is 0 Å². The Morgan fingerprint density at radius 2 is 2.00 bits per heavy atom. The standard InChI is InChI=1S/C17H20ClNO4/c1-23-14-8-13(9-15(20)21)19(10-14)16(22)17(6-7-17)11-2-4-12(18)5-3-11/h2-5,13-14H,6-10H2,1H3,(H,20,21). The maximum atomic E-state index is 13.1. The summed E-state index contributed by atoms with van der Waals surface area (Å²) in [5, 5.41) is 9.75.